The van der Waals surface area contributed by atoms with Crippen molar-refractivity contribution in [3.8, 4) is 0 Å². The lowest BCUT2D eigenvalue weighted by atomic mass is 10.1. The van der Waals surface area contributed by atoms with E-state index in [2.05, 4.69) is 15.5 Å². The molecule has 1 amide bonds. The molecule has 0 radical (unpaired) electrons. The number of carbonyl (C=O) groups excluding carboxylic acids is 1. The fraction of sp³-hybridized carbons (Fsp3) is 0.190. The van der Waals surface area contributed by atoms with Crippen molar-refractivity contribution < 1.29 is 4.79 Å². The van der Waals surface area contributed by atoms with Crippen molar-refractivity contribution >= 4 is 50.9 Å². The summed E-state index contributed by atoms with van der Waals surface area (Å²) in [6.45, 7) is 2.73. The van der Waals surface area contributed by atoms with Crippen LogP contribution in [0.2, 0.25) is 10.0 Å². The topological polar surface area (TPSA) is 79.8 Å². The SMILES string of the molecule is Cc1[nH]nc2c1c(=O)n(CCCNC(=O)c1ccc(Cl)c(Cl)c1)c1ccccc21. The Kier molecular flexibility index (Phi) is 5.30. The molecule has 0 spiro atoms. The smallest absolute Gasteiger partial charge is 0.262 e. The van der Waals surface area contributed by atoms with Crippen molar-refractivity contribution in [3.63, 3.8) is 0 Å². The summed E-state index contributed by atoms with van der Waals surface area (Å²) < 4.78 is 1.74. The van der Waals surface area contributed by atoms with Gasteiger partial charge in [-0.2, -0.15) is 5.10 Å². The summed E-state index contributed by atoms with van der Waals surface area (Å²) in [6, 6.07) is 12.4. The molecule has 2 aromatic carbocycles. The van der Waals surface area contributed by atoms with Crippen LogP contribution in [0.1, 0.15) is 22.5 Å². The number of carbonyl (C=O) groups is 1. The van der Waals surface area contributed by atoms with E-state index in [1.54, 1.807) is 16.7 Å². The van der Waals surface area contributed by atoms with Crippen LogP contribution < -0.4 is 10.9 Å². The van der Waals surface area contributed by atoms with Gasteiger partial charge in [0.1, 0.15) is 5.52 Å². The Hall–Kier alpha value is -2.83. The molecule has 4 aromatic rings. The van der Waals surface area contributed by atoms with Gasteiger partial charge in [0.2, 0.25) is 0 Å². The number of H-pyrrole nitrogens is 1. The lowest BCUT2D eigenvalue weighted by Gasteiger charge is -2.12. The van der Waals surface area contributed by atoms with E-state index in [1.807, 2.05) is 31.2 Å². The van der Waals surface area contributed by atoms with E-state index in [9.17, 15) is 9.59 Å². The third kappa shape index (κ3) is 3.61. The Morgan fingerprint density at radius 2 is 1.97 bits per heavy atom. The number of nitrogens with one attached hydrogen (secondary N) is 2. The minimum atomic E-state index is -0.234. The average molecular weight is 429 g/mol. The van der Waals surface area contributed by atoms with Gasteiger partial charge in [-0.3, -0.25) is 14.7 Å². The van der Waals surface area contributed by atoms with E-state index in [1.165, 1.54) is 6.07 Å². The van der Waals surface area contributed by atoms with Gasteiger partial charge in [-0.1, -0.05) is 41.4 Å². The summed E-state index contributed by atoms with van der Waals surface area (Å²) in [5.74, 6) is -0.234. The van der Waals surface area contributed by atoms with E-state index >= 15 is 0 Å². The molecule has 0 aliphatic carbocycles. The number of aromatic amines is 1. The van der Waals surface area contributed by atoms with Gasteiger partial charge in [0.25, 0.3) is 11.5 Å². The minimum absolute atomic E-state index is 0.0826. The second kappa shape index (κ2) is 7.89. The Bertz CT molecular complexity index is 1290. The summed E-state index contributed by atoms with van der Waals surface area (Å²) in [7, 11) is 0. The van der Waals surface area contributed by atoms with Crippen LogP contribution in [0, 0.1) is 6.92 Å². The molecule has 2 heterocycles. The molecule has 0 saturated heterocycles. The van der Waals surface area contributed by atoms with E-state index in [0.717, 1.165) is 16.6 Å². The Morgan fingerprint density at radius 3 is 2.76 bits per heavy atom. The zero-order valence-electron chi connectivity index (χ0n) is 15.6. The molecule has 0 unspecified atom stereocenters. The van der Waals surface area contributed by atoms with E-state index in [0.29, 0.717) is 46.0 Å². The van der Waals surface area contributed by atoms with Crippen LogP contribution in [0.3, 0.4) is 0 Å². The first kappa shape index (κ1) is 19.5. The van der Waals surface area contributed by atoms with Crippen molar-refractivity contribution in [2.75, 3.05) is 6.54 Å². The van der Waals surface area contributed by atoms with Crippen molar-refractivity contribution in [3.05, 3.63) is 74.1 Å². The van der Waals surface area contributed by atoms with Crippen LogP contribution in [-0.2, 0) is 6.54 Å². The van der Waals surface area contributed by atoms with Gasteiger partial charge in [0, 0.05) is 29.7 Å². The second-order valence-electron chi connectivity index (χ2n) is 6.78. The number of nitrogens with zero attached hydrogens (tertiary/aromatic N) is 2. The molecule has 6 nitrogen and oxygen atoms in total. The average Bonchev–Trinajstić information content (AvgIpc) is 3.11. The van der Waals surface area contributed by atoms with E-state index in [-0.39, 0.29) is 11.5 Å². The molecular formula is C21H18Cl2N4O2. The van der Waals surface area contributed by atoms with Gasteiger partial charge < -0.3 is 9.88 Å². The van der Waals surface area contributed by atoms with Gasteiger partial charge in [0.15, 0.2) is 0 Å². The van der Waals surface area contributed by atoms with Gasteiger partial charge in [0.05, 0.1) is 20.9 Å². The zero-order valence-corrected chi connectivity index (χ0v) is 17.1. The molecule has 2 N–H and O–H groups in total. The van der Waals surface area contributed by atoms with Crippen LogP contribution >= 0.6 is 23.2 Å². The summed E-state index contributed by atoms with van der Waals surface area (Å²) >= 11 is 11.8. The maximum Gasteiger partial charge on any atom is 0.262 e. The molecule has 8 heteroatoms. The number of para-hydroxylation sites is 1. The van der Waals surface area contributed by atoms with Gasteiger partial charge in [-0.25, -0.2) is 0 Å². The Morgan fingerprint density at radius 1 is 1.17 bits per heavy atom. The monoisotopic (exact) mass is 428 g/mol. The number of pyridine rings is 1. The molecule has 2 aromatic heterocycles. The fourth-order valence-electron chi connectivity index (χ4n) is 3.44. The van der Waals surface area contributed by atoms with Crippen molar-refractivity contribution in [2.24, 2.45) is 0 Å². The van der Waals surface area contributed by atoms with Crippen LogP contribution in [0.15, 0.2) is 47.3 Å². The largest absolute Gasteiger partial charge is 0.352 e. The molecule has 4 rings (SSSR count). The summed E-state index contributed by atoms with van der Waals surface area (Å²) in [5.41, 5.74) is 2.62. The normalized spacial score (nSPS) is 11.3. The van der Waals surface area contributed by atoms with Gasteiger partial charge >= 0.3 is 0 Å². The number of rotatable bonds is 5. The fourth-order valence-corrected chi connectivity index (χ4v) is 3.74. The molecule has 148 valence electrons. The lowest BCUT2D eigenvalue weighted by Crippen LogP contribution is -2.27. The molecule has 0 saturated carbocycles. The van der Waals surface area contributed by atoms with Gasteiger partial charge in [-0.05, 0) is 37.6 Å². The number of hydrogen-bond acceptors (Lipinski definition) is 3. The van der Waals surface area contributed by atoms with Crippen LogP contribution in [0.25, 0.3) is 21.8 Å². The van der Waals surface area contributed by atoms with Crippen molar-refractivity contribution in [2.45, 2.75) is 19.9 Å². The summed E-state index contributed by atoms with van der Waals surface area (Å²) in [5, 5.41) is 12.3. The Labute approximate surface area is 176 Å². The van der Waals surface area contributed by atoms with Crippen LogP contribution in [0.5, 0.6) is 0 Å². The summed E-state index contributed by atoms with van der Waals surface area (Å²) in [6.07, 6.45) is 0.597. The van der Waals surface area contributed by atoms with E-state index in [4.69, 9.17) is 23.2 Å². The second-order valence-corrected chi connectivity index (χ2v) is 7.60. The molecule has 29 heavy (non-hydrogen) atoms. The number of benzene rings is 2. The third-order valence-corrected chi connectivity index (χ3v) is 5.62. The predicted molar refractivity (Wildman–Crippen MR) is 116 cm³/mol. The van der Waals surface area contributed by atoms with Crippen molar-refractivity contribution in [1.82, 2.24) is 20.1 Å². The highest BCUT2D eigenvalue weighted by atomic mass is 35.5. The van der Waals surface area contributed by atoms with Crippen LogP contribution in [-0.4, -0.2) is 27.2 Å². The molecule has 0 atom stereocenters. The number of halogens is 2. The van der Waals surface area contributed by atoms with Crippen LogP contribution in [0.4, 0.5) is 0 Å². The maximum absolute atomic E-state index is 13.0. The third-order valence-electron chi connectivity index (χ3n) is 4.88. The molecule has 0 aliphatic rings. The molecule has 0 aliphatic heterocycles. The zero-order chi connectivity index (χ0) is 20.5. The first-order valence-electron chi connectivity index (χ1n) is 9.17. The number of hydrogen-bond donors (Lipinski definition) is 2. The first-order valence-corrected chi connectivity index (χ1v) is 9.92. The molecular weight excluding hydrogens is 411 g/mol. The highest BCUT2D eigenvalue weighted by molar-refractivity contribution is 6.42. The van der Waals surface area contributed by atoms with Crippen molar-refractivity contribution in [1.29, 1.82) is 0 Å². The maximum atomic E-state index is 13.0. The van der Waals surface area contributed by atoms with Gasteiger partial charge in [-0.15, -0.1) is 0 Å². The molecule has 0 bridgehead atoms. The van der Waals surface area contributed by atoms with E-state index < -0.39 is 0 Å². The number of aromatic nitrogens is 3. The number of amides is 1. The first-order chi connectivity index (χ1) is 14.0. The quantitative estimate of drug-likeness (QED) is 0.464. The highest BCUT2D eigenvalue weighted by Crippen LogP contribution is 2.23. The highest BCUT2D eigenvalue weighted by Gasteiger charge is 2.15. The minimum Gasteiger partial charge on any atom is -0.352 e. The molecule has 0 fully saturated rings. The lowest BCUT2D eigenvalue weighted by molar-refractivity contribution is 0.0953. The predicted octanol–water partition coefficient (Wildman–Crippen LogP) is 4.31. The summed E-state index contributed by atoms with van der Waals surface area (Å²) in [4.78, 5) is 25.3. The Balaban J connectivity index is 1.53. The number of fused-ring (bicyclic) bond motifs is 3. The number of aryl methyl sites for hydroxylation is 2. The standard InChI is InChI=1S/C21H18Cl2N4O2/c1-12-18-19(26-25-12)14-5-2-3-6-17(14)27(21(18)29)10-4-9-24-20(28)13-7-8-15(22)16(23)11-13/h2-3,5-8,11H,4,9-10H2,1H3,(H,24,28)(H,25,26).